The van der Waals surface area contributed by atoms with E-state index in [4.69, 9.17) is 9.47 Å². The topological polar surface area (TPSA) is 30.5 Å². The molecule has 0 amide bonds. The van der Waals surface area contributed by atoms with Gasteiger partial charge >= 0.3 is 0 Å². The fourth-order valence-electron chi connectivity index (χ4n) is 3.14. The molecule has 3 heteroatoms. The molecule has 122 valence electrons. The standard InChI is InChI=1S/C19H29NO2/c1-13-9-16(10-14(2)19(13,3)4)20-12-15-11-17(21-5)7-8-18(15)22-6/h7-8,11,14,16,20H,1,9-10,12H2,2-6H3. The normalized spacial score (nSPS) is 24.1. The molecule has 2 atom stereocenters. The molecule has 1 aliphatic rings. The minimum atomic E-state index is 0.242. The molecule has 1 N–H and O–H groups in total. The fourth-order valence-corrected chi connectivity index (χ4v) is 3.14. The molecular formula is C19H29NO2. The van der Waals surface area contributed by atoms with E-state index in [1.54, 1.807) is 14.2 Å². The van der Waals surface area contributed by atoms with E-state index in [-0.39, 0.29) is 5.41 Å². The summed E-state index contributed by atoms with van der Waals surface area (Å²) in [6, 6.07) is 6.40. The summed E-state index contributed by atoms with van der Waals surface area (Å²) in [6.07, 6.45) is 2.22. The Kier molecular flexibility index (Phi) is 5.17. The third-order valence-corrected chi connectivity index (χ3v) is 5.34. The molecule has 1 aromatic rings. The molecule has 0 saturated heterocycles. The molecule has 0 heterocycles. The highest BCUT2D eigenvalue weighted by Gasteiger charge is 2.36. The number of benzene rings is 1. The largest absolute Gasteiger partial charge is 0.497 e. The molecule has 3 nitrogen and oxygen atoms in total. The summed E-state index contributed by atoms with van der Waals surface area (Å²) in [5.41, 5.74) is 2.72. The maximum Gasteiger partial charge on any atom is 0.123 e. The molecular weight excluding hydrogens is 274 g/mol. The number of hydrogen-bond acceptors (Lipinski definition) is 3. The van der Waals surface area contributed by atoms with Crippen molar-refractivity contribution in [3.8, 4) is 11.5 Å². The van der Waals surface area contributed by atoms with Crippen LogP contribution in [0.25, 0.3) is 0 Å². The Balaban J connectivity index is 2.03. The Bertz CT molecular complexity index is 536. The maximum atomic E-state index is 5.45. The van der Waals surface area contributed by atoms with Gasteiger partial charge in [0.15, 0.2) is 0 Å². The first-order valence-corrected chi connectivity index (χ1v) is 8.01. The third-order valence-electron chi connectivity index (χ3n) is 5.34. The van der Waals surface area contributed by atoms with Gasteiger partial charge in [-0.2, -0.15) is 0 Å². The zero-order valence-corrected chi connectivity index (χ0v) is 14.5. The van der Waals surface area contributed by atoms with Crippen LogP contribution in [0.5, 0.6) is 11.5 Å². The van der Waals surface area contributed by atoms with E-state index in [2.05, 4.69) is 32.7 Å². The van der Waals surface area contributed by atoms with E-state index in [0.29, 0.717) is 12.0 Å². The van der Waals surface area contributed by atoms with Crippen LogP contribution < -0.4 is 14.8 Å². The minimum absolute atomic E-state index is 0.242. The molecule has 1 fully saturated rings. The second-order valence-corrected chi connectivity index (χ2v) is 6.92. The van der Waals surface area contributed by atoms with Gasteiger partial charge in [-0.3, -0.25) is 0 Å². The summed E-state index contributed by atoms with van der Waals surface area (Å²) in [7, 11) is 3.40. The van der Waals surface area contributed by atoms with Gasteiger partial charge in [-0.1, -0.05) is 32.9 Å². The summed E-state index contributed by atoms with van der Waals surface area (Å²) >= 11 is 0. The molecule has 0 aliphatic heterocycles. The predicted molar refractivity (Wildman–Crippen MR) is 91.5 cm³/mol. The Morgan fingerprint density at radius 3 is 2.59 bits per heavy atom. The summed E-state index contributed by atoms with van der Waals surface area (Å²) in [5.74, 6) is 2.40. The summed E-state index contributed by atoms with van der Waals surface area (Å²) in [4.78, 5) is 0. The van der Waals surface area contributed by atoms with Crippen molar-refractivity contribution >= 4 is 0 Å². The second-order valence-electron chi connectivity index (χ2n) is 6.92. The van der Waals surface area contributed by atoms with Gasteiger partial charge in [-0.05, 0) is 42.4 Å². The van der Waals surface area contributed by atoms with Crippen LogP contribution in [-0.4, -0.2) is 20.3 Å². The maximum absolute atomic E-state index is 5.45. The Labute approximate surface area is 134 Å². The quantitative estimate of drug-likeness (QED) is 0.828. The summed E-state index contributed by atoms with van der Waals surface area (Å²) in [5, 5.41) is 3.67. The molecule has 0 aromatic heterocycles. The Morgan fingerprint density at radius 1 is 1.27 bits per heavy atom. The highest BCUT2D eigenvalue weighted by atomic mass is 16.5. The zero-order chi connectivity index (χ0) is 16.3. The number of hydrogen-bond donors (Lipinski definition) is 1. The average Bonchev–Trinajstić information content (AvgIpc) is 2.50. The van der Waals surface area contributed by atoms with Crippen LogP contribution in [0.4, 0.5) is 0 Å². The predicted octanol–water partition coefficient (Wildman–Crippen LogP) is 4.17. The number of nitrogens with one attached hydrogen (secondary N) is 1. The van der Waals surface area contributed by atoms with Crippen molar-refractivity contribution in [2.45, 2.75) is 46.2 Å². The molecule has 2 unspecified atom stereocenters. The molecule has 22 heavy (non-hydrogen) atoms. The van der Waals surface area contributed by atoms with E-state index in [0.717, 1.165) is 30.0 Å². The van der Waals surface area contributed by atoms with Gasteiger partial charge in [0.05, 0.1) is 14.2 Å². The smallest absolute Gasteiger partial charge is 0.123 e. The Morgan fingerprint density at radius 2 is 2.00 bits per heavy atom. The van der Waals surface area contributed by atoms with Gasteiger partial charge in [0, 0.05) is 18.2 Å². The third kappa shape index (κ3) is 3.46. The van der Waals surface area contributed by atoms with Crippen molar-refractivity contribution in [2.75, 3.05) is 14.2 Å². The fraction of sp³-hybridized carbons (Fsp3) is 0.579. The van der Waals surface area contributed by atoms with Gasteiger partial charge in [-0.15, -0.1) is 0 Å². The lowest BCUT2D eigenvalue weighted by Gasteiger charge is -2.42. The van der Waals surface area contributed by atoms with Crippen LogP contribution in [0.2, 0.25) is 0 Å². The van der Waals surface area contributed by atoms with E-state index in [1.165, 1.54) is 12.0 Å². The summed E-state index contributed by atoms with van der Waals surface area (Å²) < 4.78 is 10.8. The van der Waals surface area contributed by atoms with Crippen LogP contribution in [0.3, 0.4) is 0 Å². The van der Waals surface area contributed by atoms with Crippen LogP contribution in [-0.2, 0) is 6.54 Å². The van der Waals surface area contributed by atoms with Crippen molar-refractivity contribution < 1.29 is 9.47 Å². The van der Waals surface area contributed by atoms with E-state index in [9.17, 15) is 0 Å². The second kappa shape index (κ2) is 6.74. The lowest BCUT2D eigenvalue weighted by atomic mass is 9.65. The highest BCUT2D eigenvalue weighted by molar-refractivity contribution is 5.40. The zero-order valence-electron chi connectivity index (χ0n) is 14.5. The highest BCUT2D eigenvalue weighted by Crippen LogP contribution is 2.43. The van der Waals surface area contributed by atoms with Crippen molar-refractivity contribution in [3.05, 3.63) is 35.9 Å². The number of ether oxygens (including phenoxy) is 2. The molecule has 1 aromatic carbocycles. The first-order valence-electron chi connectivity index (χ1n) is 8.01. The number of methoxy groups -OCH3 is 2. The molecule has 0 bridgehead atoms. The first kappa shape index (κ1) is 16.9. The lowest BCUT2D eigenvalue weighted by Crippen LogP contribution is -2.41. The van der Waals surface area contributed by atoms with Gasteiger partial charge in [0.25, 0.3) is 0 Å². The van der Waals surface area contributed by atoms with Crippen LogP contribution >= 0.6 is 0 Å². The van der Waals surface area contributed by atoms with Crippen molar-refractivity contribution in [1.29, 1.82) is 0 Å². The van der Waals surface area contributed by atoms with Crippen LogP contribution in [0, 0.1) is 11.3 Å². The van der Waals surface area contributed by atoms with Crippen molar-refractivity contribution in [1.82, 2.24) is 5.32 Å². The first-order chi connectivity index (χ1) is 10.4. The van der Waals surface area contributed by atoms with E-state index in [1.807, 2.05) is 18.2 Å². The minimum Gasteiger partial charge on any atom is -0.497 e. The SMILES string of the molecule is C=C1CC(NCc2cc(OC)ccc2OC)CC(C)C1(C)C. The van der Waals surface area contributed by atoms with E-state index < -0.39 is 0 Å². The van der Waals surface area contributed by atoms with Crippen molar-refractivity contribution in [3.63, 3.8) is 0 Å². The molecule has 2 rings (SSSR count). The Hall–Kier alpha value is -1.48. The molecule has 0 radical (unpaired) electrons. The van der Waals surface area contributed by atoms with Crippen LogP contribution in [0.15, 0.2) is 30.4 Å². The van der Waals surface area contributed by atoms with Crippen LogP contribution in [0.1, 0.15) is 39.2 Å². The van der Waals surface area contributed by atoms with Gasteiger partial charge < -0.3 is 14.8 Å². The molecule has 0 spiro atoms. The van der Waals surface area contributed by atoms with Crippen molar-refractivity contribution in [2.24, 2.45) is 11.3 Å². The monoisotopic (exact) mass is 303 g/mol. The van der Waals surface area contributed by atoms with Gasteiger partial charge in [0.2, 0.25) is 0 Å². The number of rotatable bonds is 5. The van der Waals surface area contributed by atoms with E-state index >= 15 is 0 Å². The molecule has 1 aliphatic carbocycles. The average molecular weight is 303 g/mol. The van der Waals surface area contributed by atoms with Gasteiger partial charge in [-0.25, -0.2) is 0 Å². The lowest BCUT2D eigenvalue weighted by molar-refractivity contribution is 0.193. The summed E-state index contributed by atoms with van der Waals surface area (Å²) in [6.45, 7) is 12.0. The molecule has 1 saturated carbocycles. The van der Waals surface area contributed by atoms with Gasteiger partial charge in [0.1, 0.15) is 11.5 Å².